The highest BCUT2D eigenvalue weighted by atomic mass is 16.3. The Balaban J connectivity index is 2.27. The van der Waals surface area contributed by atoms with E-state index in [0.717, 1.165) is 12.8 Å². The van der Waals surface area contributed by atoms with Crippen LogP contribution in [-0.2, 0) is 0 Å². The van der Waals surface area contributed by atoms with E-state index in [1.54, 1.807) is 0 Å². The van der Waals surface area contributed by atoms with Crippen LogP contribution in [0.15, 0.2) is 24.3 Å². The molecule has 2 nitrogen and oxygen atoms in total. The lowest BCUT2D eigenvalue weighted by Gasteiger charge is -2.45. The molecule has 1 aromatic rings. The SMILES string of the molecule is Cc1ccccc1C(N)C1(CO)CCC1. The molecule has 1 aliphatic carbocycles. The first kappa shape index (κ1) is 10.7. The molecule has 0 spiro atoms. The lowest BCUT2D eigenvalue weighted by molar-refractivity contribution is 0.0182. The minimum atomic E-state index is -0.0495. The summed E-state index contributed by atoms with van der Waals surface area (Å²) in [5, 5.41) is 9.48. The highest BCUT2D eigenvalue weighted by Gasteiger charge is 2.42. The standard InChI is InChI=1S/C13H19NO/c1-10-5-2-3-6-11(10)12(14)13(9-15)7-4-8-13/h2-3,5-6,12,15H,4,7-9,14H2,1H3. The fourth-order valence-electron chi connectivity index (χ4n) is 2.46. The Labute approximate surface area is 91.1 Å². The molecule has 1 unspecified atom stereocenters. The van der Waals surface area contributed by atoms with Crippen molar-refractivity contribution in [1.82, 2.24) is 0 Å². The van der Waals surface area contributed by atoms with Crippen LogP contribution in [0.25, 0.3) is 0 Å². The summed E-state index contributed by atoms with van der Waals surface area (Å²) in [6.07, 6.45) is 3.30. The molecule has 1 aliphatic rings. The van der Waals surface area contributed by atoms with E-state index in [2.05, 4.69) is 19.1 Å². The van der Waals surface area contributed by atoms with Gasteiger partial charge < -0.3 is 10.8 Å². The van der Waals surface area contributed by atoms with Crippen molar-refractivity contribution in [2.75, 3.05) is 6.61 Å². The first-order chi connectivity index (χ1) is 7.19. The zero-order valence-electron chi connectivity index (χ0n) is 9.24. The number of aliphatic hydroxyl groups is 1. The van der Waals surface area contributed by atoms with E-state index in [-0.39, 0.29) is 18.1 Å². The smallest absolute Gasteiger partial charge is 0.0505 e. The van der Waals surface area contributed by atoms with E-state index >= 15 is 0 Å². The van der Waals surface area contributed by atoms with Crippen molar-refractivity contribution < 1.29 is 5.11 Å². The third kappa shape index (κ3) is 1.68. The van der Waals surface area contributed by atoms with Gasteiger partial charge in [0.05, 0.1) is 6.61 Å². The van der Waals surface area contributed by atoms with Crippen molar-refractivity contribution in [3.05, 3.63) is 35.4 Å². The Morgan fingerprint density at radius 2 is 2.07 bits per heavy atom. The van der Waals surface area contributed by atoms with Crippen LogP contribution in [0.4, 0.5) is 0 Å². The predicted molar refractivity (Wildman–Crippen MR) is 61.5 cm³/mol. The Morgan fingerprint density at radius 3 is 2.53 bits per heavy atom. The molecular formula is C13H19NO. The molecule has 3 N–H and O–H groups in total. The number of hydrogen-bond acceptors (Lipinski definition) is 2. The second kappa shape index (κ2) is 3.95. The van der Waals surface area contributed by atoms with Crippen molar-refractivity contribution in [1.29, 1.82) is 0 Å². The van der Waals surface area contributed by atoms with Crippen LogP contribution in [0, 0.1) is 12.3 Å². The zero-order valence-corrected chi connectivity index (χ0v) is 9.24. The molecule has 1 fully saturated rings. The minimum Gasteiger partial charge on any atom is -0.396 e. The van der Waals surface area contributed by atoms with Gasteiger partial charge in [-0.15, -0.1) is 0 Å². The van der Waals surface area contributed by atoms with Crippen molar-refractivity contribution in [2.45, 2.75) is 32.2 Å². The number of nitrogens with two attached hydrogens (primary N) is 1. The van der Waals surface area contributed by atoms with Crippen LogP contribution in [0.1, 0.15) is 36.4 Å². The van der Waals surface area contributed by atoms with Crippen molar-refractivity contribution >= 4 is 0 Å². The van der Waals surface area contributed by atoms with E-state index < -0.39 is 0 Å². The predicted octanol–water partition coefficient (Wildman–Crippen LogP) is 2.16. The molecule has 0 aliphatic heterocycles. The van der Waals surface area contributed by atoms with Gasteiger partial charge in [-0.05, 0) is 30.9 Å². The maximum atomic E-state index is 9.48. The lowest BCUT2D eigenvalue weighted by atomic mass is 9.63. The van der Waals surface area contributed by atoms with Gasteiger partial charge in [0.25, 0.3) is 0 Å². The summed E-state index contributed by atoms with van der Waals surface area (Å²) in [6, 6.07) is 8.19. The van der Waals surface area contributed by atoms with E-state index in [1.807, 2.05) is 12.1 Å². The van der Waals surface area contributed by atoms with Crippen molar-refractivity contribution in [3.8, 4) is 0 Å². The summed E-state index contributed by atoms with van der Waals surface area (Å²) in [7, 11) is 0. The second-order valence-electron chi connectivity index (χ2n) is 4.71. The third-order valence-electron chi connectivity index (χ3n) is 3.85. The van der Waals surface area contributed by atoms with E-state index in [0.29, 0.717) is 0 Å². The van der Waals surface area contributed by atoms with Gasteiger partial charge in [0.1, 0.15) is 0 Å². The molecule has 82 valence electrons. The molecule has 0 aromatic heterocycles. The van der Waals surface area contributed by atoms with E-state index in [9.17, 15) is 5.11 Å². The molecule has 1 aromatic carbocycles. The lowest BCUT2D eigenvalue weighted by Crippen LogP contribution is -2.43. The molecule has 2 heteroatoms. The third-order valence-corrected chi connectivity index (χ3v) is 3.85. The number of benzene rings is 1. The largest absolute Gasteiger partial charge is 0.396 e. The summed E-state index contributed by atoms with van der Waals surface area (Å²) in [5.74, 6) is 0. The highest BCUT2D eigenvalue weighted by Crippen LogP contribution is 2.49. The Hall–Kier alpha value is -0.860. The van der Waals surface area contributed by atoms with Gasteiger partial charge in [-0.3, -0.25) is 0 Å². The van der Waals surface area contributed by atoms with Crippen molar-refractivity contribution in [3.63, 3.8) is 0 Å². The molecule has 0 amide bonds. The topological polar surface area (TPSA) is 46.2 Å². The van der Waals surface area contributed by atoms with Gasteiger partial charge in [-0.25, -0.2) is 0 Å². The molecule has 0 saturated heterocycles. The van der Waals surface area contributed by atoms with E-state index in [4.69, 9.17) is 5.73 Å². The quantitative estimate of drug-likeness (QED) is 0.794. The Morgan fingerprint density at radius 1 is 1.40 bits per heavy atom. The fraction of sp³-hybridized carbons (Fsp3) is 0.538. The molecule has 0 radical (unpaired) electrons. The van der Waals surface area contributed by atoms with Crippen LogP contribution in [0.2, 0.25) is 0 Å². The minimum absolute atomic E-state index is 0.0163. The molecular weight excluding hydrogens is 186 g/mol. The number of aryl methyl sites for hydroxylation is 1. The monoisotopic (exact) mass is 205 g/mol. The van der Waals surface area contributed by atoms with Gasteiger partial charge in [0.15, 0.2) is 0 Å². The number of rotatable bonds is 3. The summed E-state index contributed by atoms with van der Waals surface area (Å²) in [6.45, 7) is 2.29. The van der Waals surface area contributed by atoms with Crippen LogP contribution >= 0.6 is 0 Å². The van der Waals surface area contributed by atoms with Crippen LogP contribution in [0.5, 0.6) is 0 Å². The number of aliphatic hydroxyl groups excluding tert-OH is 1. The molecule has 15 heavy (non-hydrogen) atoms. The van der Waals surface area contributed by atoms with Gasteiger partial charge in [0, 0.05) is 11.5 Å². The van der Waals surface area contributed by atoms with Crippen LogP contribution in [0.3, 0.4) is 0 Å². The Bertz CT molecular complexity index is 339. The van der Waals surface area contributed by atoms with Gasteiger partial charge in [-0.2, -0.15) is 0 Å². The molecule has 2 rings (SSSR count). The van der Waals surface area contributed by atoms with Crippen LogP contribution in [-0.4, -0.2) is 11.7 Å². The zero-order chi connectivity index (χ0) is 10.9. The molecule has 1 saturated carbocycles. The van der Waals surface area contributed by atoms with Gasteiger partial charge >= 0.3 is 0 Å². The van der Waals surface area contributed by atoms with Gasteiger partial charge in [0.2, 0.25) is 0 Å². The van der Waals surface area contributed by atoms with E-state index in [1.165, 1.54) is 17.5 Å². The molecule has 1 atom stereocenters. The average molecular weight is 205 g/mol. The van der Waals surface area contributed by atoms with Crippen molar-refractivity contribution in [2.24, 2.45) is 11.1 Å². The molecule has 0 heterocycles. The molecule has 0 bridgehead atoms. The summed E-state index contributed by atoms with van der Waals surface area (Å²) >= 11 is 0. The highest BCUT2D eigenvalue weighted by molar-refractivity contribution is 5.30. The summed E-state index contributed by atoms with van der Waals surface area (Å²) < 4.78 is 0. The average Bonchev–Trinajstić information content (AvgIpc) is 2.17. The maximum absolute atomic E-state index is 9.48. The normalized spacial score (nSPS) is 20.7. The summed E-state index contributed by atoms with van der Waals surface area (Å²) in [5.41, 5.74) is 8.65. The summed E-state index contributed by atoms with van der Waals surface area (Å²) in [4.78, 5) is 0. The fourth-order valence-corrected chi connectivity index (χ4v) is 2.46. The first-order valence-corrected chi connectivity index (χ1v) is 5.61. The first-order valence-electron chi connectivity index (χ1n) is 5.61. The Kier molecular flexibility index (Phi) is 2.81. The number of hydrogen-bond donors (Lipinski definition) is 2. The maximum Gasteiger partial charge on any atom is 0.0505 e. The van der Waals surface area contributed by atoms with Crippen LogP contribution < -0.4 is 5.73 Å². The van der Waals surface area contributed by atoms with Gasteiger partial charge in [-0.1, -0.05) is 30.7 Å². The second-order valence-corrected chi connectivity index (χ2v) is 4.71.